The Labute approximate surface area is 266 Å². The molecule has 11 nitrogen and oxygen atoms in total. The molecule has 0 spiro atoms. The Bertz CT molecular complexity index is 1760. The Morgan fingerprint density at radius 3 is 2.53 bits per heavy atom. The number of benzene rings is 3. The lowest BCUT2D eigenvalue weighted by molar-refractivity contribution is -0.111. The second-order valence-electron chi connectivity index (χ2n) is 10.8. The molecule has 3 heterocycles. The van der Waals surface area contributed by atoms with Gasteiger partial charge in [-0.25, -0.2) is 14.7 Å². The summed E-state index contributed by atoms with van der Waals surface area (Å²) in [6.07, 6.45) is 2.89. The van der Waals surface area contributed by atoms with Crippen LogP contribution in [0.25, 0.3) is 0 Å². The molecule has 1 fully saturated rings. The molecule has 45 heavy (non-hydrogen) atoms. The van der Waals surface area contributed by atoms with Crippen LogP contribution in [0.4, 0.5) is 45.0 Å². The quantitative estimate of drug-likeness (QED) is 0.229. The third-order valence-electron chi connectivity index (χ3n) is 7.78. The number of carbonyl (C=O) groups excluding carboxylic acids is 2. The first kappa shape index (κ1) is 29.9. The molecule has 0 aliphatic carbocycles. The topological polar surface area (TPSA) is 106 Å². The minimum absolute atomic E-state index is 0.237. The first-order chi connectivity index (χ1) is 21.8. The summed E-state index contributed by atoms with van der Waals surface area (Å²) in [6.45, 7) is 7.63. The van der Waals surface area contributed by atoms with Gasteiger partial charge in [0, 0.05) is 66.1 Å². The number of halogens is 1. The summed E-state index contributed by atoms with van der Waals surface area (Å²) in [4.78, 5) is 43.4. The maximum atomic E-state index is 14.2. The molecule has 2 N–H and O–H groups in total. The van der Waals surface area contributed by atoms with Gasteiger partial charge in [0.15, 0.2) is 5.82 Å². The van der Waals surface area contributed by atoms with E-state index in [1.165, 1.54) is 11.0 Å². The van der Waals surface area contributed by atoms with Crippen LogP contribution in [0.1, 0.15) is 5.56 Å². The van der Waals surface area contributed by atoms with Gasteiger partial charge in [0.25, 0.3) is 0 Å². The zero-order valence-electron chi connectivity index (χ0n) is 25.0. The van der Waals surface area contributed by atoms with Crippen LogP contribution in [0.3, 0.4) is 0 Å². The van der Waals surface area contributed by atoms with Gasteiger partial charge in [0.1, 0.15) is 5.75 Å². The van der Waals surface area contributed by atoms with E-state index in [4.69, 9.17) is 21.3 Å². The molecule has 0 saturated carbocycles. The van der Waals surface area contributed by atoms with E-state index in [2.05, 4.69) is 45.1 Å². The van der Waals surface area contributed by atoms with E-state index < -0.39 is 0 Å². The molecule has 4 aromatic rings. The van der Waals surface area contributed by atoms with Crippen LogP contribution in [0.5, 0.6) is 5.75 Å². The van der Waals surface area contributed by atoms with E-state index in [0.29, 0.717) is 45.3 Å². The normalized spacial score (nSPS) is 15.0. The molecule has 6 rings (SSSR count). The van der Waals surface area contributed by atoms with Crippen LogP contribution in [0, 0.1) is 0 Å². The summed E-state index contributed by atoms with van der Waals surface area (Å²) in [6, 6.07) is 19.8. The maximum absolute atomic E-state index is 14.2. The van der Waals surface area contributed by atoms with E-state index in [1.807, 2.05) is 18.2 Å². The van der Waals surface area contributed by atoms with Crippen molar-refractivity contribution in [2.75, 3.05) is 65.7 Å². The number of methoxy groups -OCH3 is 1. The fourth-order valence-corrected chi connectivity index (χ4v) is 5.56. The fourth-order valence-electron chi connectivity index (χ4n) is 5.37. The van der Waals surface area contributed by atoms with Gasteiger partial charge in [-0.1, -0.05) is 30.3 Å². The predicted molar refractivity (Wildman–Crippen MR) is 178 cm³/mol. The lowest BCUT2D eigenvalue weighted by Crippen LogP contribution is -2.45. The molecule has 230 valence electrons. The first-order valence-electron chi connectivity index (χ1n) is 14.5. The number of likely N-dealkylation sites (N-methyl/N-ethyl adjacent to an activating group) is 1. The largest absolute Gasteiger partial charge is 0.494 e. The lowest BCUT2D eigenvalue weighted by Gasteiger charge is -2.36. The highest BCUT2D eigenvalue weighted by atomic mass is 35.5. The van der Waals surface area contributed by atoms with E-state index in [-0.39, 0.29) is 18.5 Å². The van der Waals surface area contributed by atoms with Gasteiger partial charge in [-0.05, 0) is 61.7 Å². The molecule has 1 saturated heterocycles. The molecular weight excluding hydrogens is 592 g/mol. The third kappa shape index (κ3) is 6.40. The van der Waals surface area contributed by atoms with Crippen LogP contribution in [0.15, 0.2) is 85.6 Å². The maximum Gasteiger partial charge on any atom is 0.335 e. The van der Waals surface area contributed by atoms with Crippen LogP contribution < -0.4 is 30.1 Å². The number of rotatable bonds is 8. The Morgan fingerprint density at radius 2 is 1.78 bits per heavy atom. The third-order valence-corrected chi connectivity index (χ3v) is 8.02. The SMILES string of the molecule is C=CC(=O)Nc1cccc(N2C(=O)N(c3cccc(Cl)c3)Cc3cnc(Nc4ccc(N5CCN(C)CC5)cc4OC)nc32)c1. The van der Waals surface area contributed by atoms with Crippen molar-refractivity contribution >= 4 is 63.7 Å². The van der Waals surface area contributed by atoms with Gasteiger partial charge < -0.3 is 25.2 Å². The molecule has 2 aliphatic rings. The van der Waals surface area contributed by atoms with Crippen LogP contribution >= 0.6 is 11.6 Å². The summed E-state index contributed by atoms with van der Waals surface area (Å²) in [5.41, 5.74) is 4.14. The number of hydrogen-bond donors (Lipinski definition) is 2. The zero-order chi connectivity index (χ0) is 31.5. The molecule has 0 bridgehead atoms. The van der Waals surface area contributed by atoms with Crippen molar-refractivity contribution in [1.29, 1.82) is 0 Å². The van der Waals surface area contributed by atoms with Gasteiger partial charge >= 0.3 is 6.03 Å². The Kier molecular flexibility index (Phi) is 8.54. The van der Waals surface area contributed by atoms with Crippen LogP contribution in [-0.4, -0.2) is 67.1 Å². The Morgan fingerprint density at radius 1 is 1.00 bits per heavy atom. The second kappa shape index (κ2) is 12.8. The van der Waals surface area contributed by atoms with Gasteiger partial charge in [0.05, 0.1) is 25.0 Å². The Hall–Kier alpha value is -5.13. The minimum Gasteiger partial charge on any atom is -0.494 e. The molecule has 0 unspecified atom stereocenters. The van der Waals surface area contributed by atoms with Crippen LogP contribution in [-0.2, 0) is 11.3 Å². The number of nitrogens with zero attached hydrogens (tertiary/aromatic N) is 6. The van der Waals surface area contributed by atoms with Gasteiger partial charge in [0.2, 0.25) is 11.9 Å². The predicted octanol–water partition coefficient (Wildman–Crippen LogP) is 6.04. The lowest BCUT2D eigenvalue weighted by atomic mass is 10.1. The van der Waals surface area contributed by atoms with Gasteiger partial charge in [-0.2, -0.15) is 4.98 Å². The van der Waals surface area contributed by atoms with Gasteiger partial charge in [-0.15, -0.1) is 0 Å². The molecular formula is C33H33ClN8O3. The average molecular weight is 625 g/mol. The van der Waals surface area contributed by atoms with Crippen molar-refractivity contribution in [1.82, 2.24) is 14.9 Å². The monoisotopic (exact) mass is 624 g/mol. The molecule has 2 aliphatic heterocycles. The standard InChI is InChI=1S/C33H33ClN8O3/c1-4-30(43)36-24-8-6-10-27(18-24)42-31-22(21-41(33(42)44)26-9-5-7-23(34)17-26)20-35-32(38-31)37-28-12-11-25(19-29(28)45-3)40-15-13-39(2)14-16-40/h4-12,17-20H,1,13-16,21H2,2-3H3,(H,36,43)(H,35,37,38). The second-order valence-corrected chi connectivity index (χ2v) is 11.2. The van der Waals surface area contributed by atoms with E-state index in [9.17, 15) is 9.59 Å². The smallest absolute Gasteiger partial charge is 0.335 e. The first-order valence-corrected chi connectivity index (χ1v) is 14.9. The number of carbonyl (C=O) groups is 2. The van der Waals surface area contributed by atoms with Gasteiger partial charge in [-0.3, -0.25) is 9.69 Å². The summed E-state index contributed by atoms with van der Waals surface area (Å²) in [5, 5.41) is 6.55. The number of ether oxygens (including phenoxy) is 1. The number of anilines is 7. The molecule has 3 aromatic carbocycles. The van der Waals surface area contributed by atoms with E-state index in [1.54, 1.807) is 60.7 Å². The van der Waals surface area contributed by atoms with Crippen molar-refractivity contribution < 1.29 is 14.3 Å². The summed E-state index contributed by atoms with van der Waals surface area (Å²) in [7, 11) is 3.76. The highest BCUT2D eigenvalue weighted by molar-refractivity contribution is 6.31. The number of urea groups is 1. The number of hydrogen-bond acceptors (Lipinski definition) is 8. The molecule has 0 radical (unpaired) electrons. The molecule has 12 heteroatoms. The number of piperazine rings is 1. The molecule has 1 aromatic heterocycles. The van der Waals surface area contributed by atoms with Crippen molar-refractivity contribution in [3.05, 3.63) is 96.2 Å². The number of aromatic nitrogens is 2. The van der Waals surface area contributed by atoms with Crippen molar-refractivity contribution in [3.8, 4) is 5.75 Å². The minimum atomic E-state index is -0.362. The highest BCUT2D eigenvalue weighted by Crippen LogP contribution is 2.38. The Balaban J connectivity index is 1.36. The van der Waals surface area contributed by atoms with Crippen LogP contribution in [0.2, 0.25) is 5.02 Å². The number of fused-ring (bicyclic) bond motifs is 1. The van der Waals surface area contributed by atoms with E-state index >= 15 is 0 Å². The fraction of sp³-hybridized carbons (Fsp3) is 0.212. The zero-order valence-corrected chi connectivity index (χ0v) is 25.8. The number of amides is 3. The summed E-state index contributed by atoms with van der Waals surface area (Å²) in [5.74, 6) is 0.999. The summed E-state index contributed by atoms with van der Waals surface area (Å²) >= 11 is 6.28. The molecule has 3 amide bonds. The van der Waals surface area contributed by atoms with E-state index in [0.717, 1.165) is 37.4 Å². The summed E-state index contributed by atoms with van der Waals surface area (Å²) < 4.78 is 5.74. The van der Waals surface area contributed by atoms with Crippen molar-refractivity contribution in [2.45, 2.75) is 6.54 Å². The van der Waals surface area contributed by atoms with Crippen molar-refractivity contribution in [3.63, 3.8) is 0 Å². The molecule has 0 atom stereocenters. The van der Waals surface area contributed by atoms with Crippen molar-refractivity contribution in [2.24, 2.45) is 0 Å². The number of nitrogens with one attached hydrogen (secondary N) is 2. The highest BCUT2D eigenvalue weighted by Gasteiger charge is 2.34. The average Bonchev–Trinajstić information content (AvgIpc) is 3.05.